The van der Waals surface area contributed by atoms with Crippen molar-refractivity contribution in [1.29, 1.82) is 0 Å². The molecule has 0 aromatic carbocycles. The standard InChI is InChI=1S/C11H16N5O2P/c12-10-9-11(14-5-13-10)16(6-15-9)8-2-1-7(18-8)3-4-19-17/h5-8,17,19H,1-4H2,(H2,12,13,14)/t7-,8+/m0/s1. The van der Waals surface area contributed by atoms with Crippen LogP contribution in [0.3, 0.4) is 0 Å². The molecule has 19 heavy (non-hydrogen) atoms. The first-order valence-corrected chi connectivity index (χ1v) is 7.40. The topological polar surface area (TPSA) is 99.1 Å². The van der Waals surface area contributed by atoms with Crippen molar-refractivity contribution in [1.82, 2.24) is 19.5 Å². The number of hydrogen-bond acceptors (Lipinski definition) is 6. The number of ether oxygens (including phenoxy) is 1. The van der Waals surface area contributed by atoms with E-state index >= 15 is 0 Å². The molecule has 3 N–H and O–H groups in total. The number of imidazole rings is 1. The lowest BCUT2D eigenvalue weighted by molar-refractivity contribution is 0.00325. The zero-order valence-corrected chi connectivity index (χ0v) is 11.4. The summed E-state index contributed by atoms with van der Waals surface area (Å²) in [6, 6.07) is 0. The summed E-state index contributed by atoms with van der Waals surface area (Å²) in [4.78, 5) is 21.3. The highest BCUT2D eigenvalue weighted by Crippen LogP contribution is 2.32. The van der Waals surface area contributed by atoms with Crippen LogP contribution in [0.4, 0.5) is 5.82 Å². The molecule has 0 amide bonds. The highest BCUT2D eigenvalue weighted by Gasteiger charge is 2.27. The summed E-state index contributed by atoms with van der Waals surface area (Å²) in [6.45, 7) is 0. The van der Waals surface area contributed by atoms with Gasteiger partial charge in [0.2, 0.25) is 0 Å². The molecule has 0 spiro atoms. The fourth-order valence-corrected chi connectivity index (χ4v) is 2.86. The van der Waals surface area contributed by atoms with Gasteiger partial charge in [0, 0.05) is 8.81 Å². The molecule has 1 aliphatic heterocycles. The number of fused-ring (bicyclic) bond motifs is 1. The normalized spacial score (nSPS) is 23.8. The van der Waals surface area contributed by atoms with Gasteiger partial charge < -0.3 is 15.4 Å². The summed E-state index contributed by atoms with van der Waals surface area (Å²) >= 11 is 0. The molecule has 0 saturated carbocycles. The van der Waals surface area contributed by atoms with Crippen LogP contribution in [0, 0.1) is 0 Å². The SMILES string of the molecule is Nc1ncnc2c1ncn2[C@H]1CC[C@@H](CCPO)O1. The summed E-state index contributed by atoms with van der Waals surface area (Å²) in [6.07, 6.45) is 6.93. The molecule has 1 fully saturated rings. The Labute approximate surface area is 112 Å². The van der Waals surface area contributed by atoms with E-state index in [-0.39, 0.29) is 21.1 Å². The quantitative estimate of drug-likeness (QED) is 0.813. The largest absolute Gasteiger partial charge is 0.382 e. The highest BCUT2D eigenvalue weighted by atomic mass is 31.1. The molecular formula is C11H16N5O2P. The Morgan fingerprint density at radius 1 is 1.42 bits per heavy atom. The minimum atomic E-state index is -0.0497. The predicted octanol–water partition coefficient (Wildman–Crippen LogP) is 1.06. The molecule has 2 aromatic heterocycles. The van der Waals surface area contributed by atoms with Gasteiger partial charge >= 0.3 is 0 Å². The first kappa shape index (κ1) is 12.7. The number of anilines is 1. The molecule has 3 rings (SSSR count). The lowest BCUT2D eigenvalue weighted by atomic mass is 10.2. The molecule has 0 bridgehead atoms. The molecule has 0 radical (unpaired) electrons. The Kier molecular flexibility index (Phi) is 3.59. The zero-order chi connectivity index (χ0) is 13.2. The second-order valence-corrected chi connectivity index (χ2v) is 5.39. The van der Waals surface area contributed by atoms with Crippen molar-refractivity contribution < 1.29 is 9.63 Å². The van der Waals surface area contributed by atoms with Gasteiger partial charge in [-0.15, -0.1) is 0 Å². The lowest BCUT2D eigenvalue weighted by Gasteiger charge is -2.14. The van der Waals surface area contributed by atoms with Gasteiger partial charge in [-0.2, -0.15) is 0 Å². The number of nitrogen functional groups attached to an aromatic ring is 1. The van der Waals surface area contributed by atoms with E-state index in [2.05, 4.69) is 15.0 Å². The smallest absolute Gasteiger partial charge is 0.167 e. The Balaban J connectivity index is 1.80. The van der Waals surface area contributed by atoms with Crippen LogP contribution in [0.25, 0.3) is 11.2 Å². The van der Waals surface area contributed by atoms with Gasteiger partial charge in [0.15, 0.2) is 11.5 Å². The van der Waals surface area contributed by atoms with E-state index in [1.165, 1.54) is 6.33 Å². The first-order chi connectivity index (χ1) is 9.29. The van der Waals surface area contributed by atoms with E-state index in [0.29, 0.717) is 17.0 Å². The van der Waals surface area contributed by atoms with Gasteiger partial charge in [-0.25, -0.2) is 15.0 Å². The molecule has 1 aliphatic rings. The van der Waals surface area contributed by atoms with Crippen molar-refractivity contribution in [2.45, 2.75) is 31.6 Å². The molecule has 2 aromatic rings. The van der Waals surface area contributed by atoms with Crippen molar-refractivity contribution in [3.63, 3.8) is 0 Å². The van der Waals surface area contributed by atoms with Gasteiger partial charge in [-0.3, -0.25) is 4.57 Å². The lowest BCUT2D eigenvalue weighted by Crippen LogP contribution is -2.11. The third-order valence-electron chi connectivity index (χ3n) is 3.36. The number of nitrogens with zero attached hydrogens (tertiary/aromatic N) is 4. The molecule has 102 valence electrons. The van der Waals surface area contributed by atoms with Crippen LogP contribution < -0.4 is 5.73 Å². The zero-order valence-electron chi connectivity index (χ0n) is 10.4. The van der Waals surface area contributed by atoms with Gasteiger partial charge in [0.05, 0.1) is 12.4 Å². The maximum absolute atomic E-state index is 8.87. The third-order valence-corrected chi connectivity index (χ3v) is 3.87. The Bertz CT molecular complexity index is 575. The Hall–Kier alpha value is -1.30. The van der Waals surface area contributed by atoms with Crippen molar-refractivity contribution >= 4 is 25.8 Å². The summed E-state index contributed by atoms with van der Waals surface area (Å²) in [5.74, 6) is 0.389. The number of nitrogens with two attached hydrogens (primary N) is 1. The van der Waals surface area contributed by atoms with E-state index < -0.39 is 0 Å². The molecular weight excluding hydrogens is 265 g/mol. The van der Waals surface area contributed by atoms with Crippen LogP contribution in [0.1, 0.15) is 25.5 Å². The van der Waals surface area contributed by atoms with Crippen molar-refractivity contribution in [2.24, 2.45) is 0 Å². The Morgan fingerprint density at radius 3 is 3.16 bits per heavy atom. The van der Waals surface area contributed by atoms with Crippen LogP contribution in [0.5, 0.6) is 0 Å². The molecule has 3 atom stereocenters. The van der Waals surface area contributed by atoms with E-state index in [9.17, 15) is 0 Å². The molecule has 1 unspecified atom stereocenters. The van der Waals surface area contributed by atoms with Crippen LogP contribution in [0.2, 0.25) is 0 Å². The first-order valence-electron chi connectivity index (χ1n) is 6.25. The third kappa shape index (κ3) is 2.41. The molecule has 8 heteroatoms. The molecule has 7 nitrogen and oxygen atoms in total. The van der Waals surface area contributed by atoms with Crippen molar-refractivity contribution in [2.75, 3.05) is 11.9 Å². The van der Waals surface area contributed by atoms with Gasteiger partial charge in [-0.1, -0.05) is 0 Å². The van der Waals surface area contributed by atoms with Crippen LogP contribution in [0.15, 0.2) is 12.7 Å². The maximum Gasteiger partial charge on any atom is 0.167 e. The second kappa shape index (κ2) is 5.36. The Morgan fingerprint density at radius 2 is 2.32 bits per heavy atom. The summed E-state index contributed by atoms with van der Waals surface area (Å²) in [5.41, 5.74) is 7.09. The molecule has 0 aliphatic carbocycles. The highest BCUT2D eigenvalue weighted by molar-refractivity contribution is 7.31. The van der Waals surface area contributed by atoms with E-state index in [4.69, 9.17) is 15.4 Å². The monoisotopic (exact) mass is 281 g/mol. The predicted molar refractivity (Wildman–Crippen MR) is 72.9 cm³/mol. The van der Waals surface area contributed by atoms with Crippen LogP contribution in [-0.2, 0) is 4.74 Å². The number of hydrogen-bond donors (Lipinski definition) is 2. The van der Waals surface area contributed by atoms with Crippen LogP contribution in [-0.4, -0.2) is 36.7 Å². The second-order valence-electron chi connectivity index (χ2n) is 4.57. The van der Waals surface area contributed by atoms with Crippen molar-refractivity contribution in [3.8, 4) is 0 Å². The minimum absolute atomic E-state index is 0.00433. The molecule has 3 heterocycles. The minimum Gasteiger partial charge on any atom is -0.382 e. The van der Waals surface area contributed by atoms with Crippen LogP contribution >= 0.6 is 8.81 Å². The number of aromatic nitrogens is 4. The van der Waals surface area contributed by atoms with E-state index in [0.717, 1.165) is 25.4 Å². The fourth-order valence-electron chi connectivity index (χ4n) is 2.41. The maximum atomic E-state index is 8.87. The van der Waals surface area contributed by atoms with E-state index in [1.54, 1.807) is 6.33 Å². The summed E-state index contributed by atoms with van der Waals surface area (Å²) in [7, 11) is -0.00433. The van der Waals surface area contributed by atoms with Gasteiger partial charge in [0.1, 0.15) is 18.1 Å². The van der Waals surface area contributed by atoms with Crippen molar-refractivity contribution in [3.05, 3.63) is 12.7 Å². The molecule has 1 saturated heterocycles. The summed E-state index contributed by atoms with van der Waals surface area (Å²) in [5, 5.41) is 0. The summed E-state index contributed by atoms with van der Waals surface area (Å²) < 4.78 is 7.88. The number of rotatable bonds is 4. The average Bonchev–Trinajstić information content (AvgIpc) is 3.02. The fraction of sp³-hybridized carbons (Fsp3) is 0.545. The van der Waals surface area contributed by atoms with Gasteiger partial charge in [-0.05, 0) is 25.4 Å². The van der Waals surface area contributed by atoms with E-state index in [1.807, 2.05) is 4.57 Å². The van der Waals surface area contributed by atoms with Gasteiger partial charge in [0.25, 0.3) is 0 Å². The average molecular weight is 281 g/mol.